The Balaban J connectivity index is 1.73. The molecule has 1 aliphatic carbocycles. The summed E-state index contributed by atoms with van der Waals surface area (Å²) < 4.78 is 0. The van der Waals surface area contributed by atoms with Gasteiger partial charge in [0.15, 0.2) is 5.16 Å². The van der Waals surface area contributed by atoms with Gasteiger partial charge in [-0.05, 0) is 30.4 Å². The molecule has 0 radical (unpaired) electrons. The summed E-state index contributed by atoms with van der Waals surface area (Å²) in [5.74, 6) is 0. The second-order valence-electron chi connectivity index (χ2n) is 4.04. The molecule has 0 bridgehead atoms. The smallest absolute Gasteiger partial charge is 0.183 e. The van der Waals surface area contributed by atoms with Gasteiger partial charge in [-0.3, -0.25) is 5.10 Å². The molecule has 1 aliphatic rings. The van der Waals surface area contributed by atoms with Gasteiger partial charge in [-0.15, -0.1) is 0 Å². The third-order valence-electron chi connectivity index (χ3n) is 2.97. The van der Waals surface area contributed by atoms with Crippen molar-refractivity contribution in [1.29, 1.82) is 0 Å². The van der Waals surface area contributed by atoms with Crippen LogP contribution in [0.4, 0.5) is 0 Å². The highest BCUT2D eigenvalue weighted by molar-refractivity contribution is 7.99. The van der Waals surface area contributed by atoms with E-state index >= 15 is 0 Å². The fourth-order valence-corrected chi connectivity index (χ4v) is 3.20. The van der Waals surface area contributed by atoms with Crippen molar-refractivity contribution in [2.24, 2.45) is 0 Å². The Kier molecular flexibility index (Phi) is 2.66. The Labute approximate surface area is 98.7 Å². The highest BCUT2D eigenvalue weighted by Gasteiger charge is 2.19. The Morgan fingerprint density at radius 1 is 1.25 bits per heavy atom. The zero-order valence-corrected chi connectivity index (χ0v) is 9.70. The molecule has 3 rings (SSSR count). The van der Waals surface area contributed by atoms with Crippen LogP contribution < -0.4 is 0 Å². The normalized spacial score (nSPS) is 19.4. The monoisotopic (exact) mass is 231 g/mol. The molecule has 0 fully saturated rings. The minimum atomic E-state index is 0.628. The molecule has 2 aromatic rings. The molecule has 1 heterocycles. The van der Waals surface area contributed by atoms with Gasteiger partial charge in [-0.25, -0.2) is 4.98 Å². The van der Waals surface area contributed by atoms with Gasteiger partial charge in [0.2, 0.25) is 0 Å². The zero-order valence-electron chi connectivity index (χ0n) is 8.89. The predicted octanol–water partition coefficient (Wildman–Crippen LogP) is 2.45. The topological polar surface area (TPSA) is 41.6 Å². The van der Waals surface area contributed by atoms with Crippen molar-refractivity contribution in [3.63, 3.8) is 0 Å². The first kappa shape index (κ1) is 9.90. The van der Waals surface area contributed by atoms with Crippen molar-refractivity contribution in [2.75, 3.05) is 0 Å². The van der Waals surface area contributed by atoms with Crippen LogP contribution in [0.5, 0.6) is 0 Å². The first-order chi connectivity index (χ1) is 7.92. The van der Waals surface area contributed by atoms with E-state index in [0.29, 0.717) is 5.25 Å². The molecule has 0 unspecified atom stereocenters. The van der Waals surface area contributed by atoms with Gasteiger partial charge in [0.05, 0.1) is 0 Å². The Morgan fingerprint density at radius 2 is 2.12 bits per heavy atom. The Hall–Kier alpha value is -1.29. The first-order valence-electron chi connectivity index (χ1n) is 5.50. The summed E-state index contributed by atoms with van der Waals surface area (Å²) in [6, 6.07) is 8.73. The largest absolute Gasteiger partial charge is 0.254 e. The first-order valence-corrected chi connectivity index (χ1v) is 6.38. The standard InChI is InChI=1S/C12H13N3S/c1-2-4-10-7-11(6-5-9(10)3-1)16-12-13-8-14-15-12/h1-4,8,11H,5-7H2,(H,13,14,15)/t11-/m0/s1. The molecule has 0 amide bonds. The summed E-state index contributed by atoms with van der Waals surface area (Å²) in [7, 11) is 0. The van der Waals surface area contributed by atoms with E-state index in [1.807, 2.05) is 0 Å². The Morgan fingerprint density at radius 3 is 2.94 bits per heavy atom. The number of thioether (sulfide) groups is 1. The maximum Gasteiger partial charge on any atom is 0.183 e. The molecule has 1 aromatic heterocycles. The molecule has 82 valence electrons. The molecule has 1 aromatic carbocycles. The number of aryl methyl sites for hydroxylation is 1. The van der Waals surface area contributed by atoms with E-state index in [2.05, 4.69) is 39.4 Å². The average molecular weight is 231 g/mol. The predicted molar refractivity (Wildman–Crippen MR) is 64.5 cm³/mol. The van der Waals surface area contributed by atoms with Gasteiger partial charge in [0, 0.05) is 5.25 Å². The molecular formula is C12H13N3S. The third kappa shape index (κ3) is 1.97. The molecule has 3 nitrogen and oxygen atoms in total. The van der Waals surface area contributed by atoms with Crippen molar-refractivity contribution < 1.29 is 0 Å². The minimum Gasteiger partial charge on any atom is -0.254 e. The number of rotatable bonds is 2. The molecular weight excluding hydrogens is 218 g/mol. The molecule has 0 aliphatic heterocycles. The van der Waals surface area contributed by atoms with Crippen LogP contribution in [0, 0.1) is 0 Å². The van der Waals surface area contributed by atoms with Crippen LogP contribution in [0.2, 0.25) is 0 Å². The summed E-state index contributed by atoms with van der Waals surface area (Å²) in [5.41, 5.74) is 3.00. The molecule has 16 heavy (non-hydrogen) atoms. The van der Waals surface area contributed by atoms with E-state index in [0.717, 1.165) is 11.6 Å². The number of fused-ring (bicyclic) bond motifs is 1. The van der Waals surface area contributed by atoms with E-state index in [4.69, 9.17) is 0 Å². The van der Waals surface area contributed by atoms with Crippen LogP contribution in [-0.4, -0.2) is 20.4 Å². The van der Waals surface area contributed by atoms with E-state index in [-0.39, 0.29) is 0 Å². The third-order valence-corrected chi connectivity index (χ3v) is 4.13. The molecule has 0 saturated carbocycles. The van der Waals surface area contributed by atoms with E-state index in [9.17, 15) is 0 Å². The van der Waals surface area contributed by atoms with Gasteiger partial charge in [-0.1, -0.05) is 36.0 Å². The number of aromatic amines is 1. The summed E-state index contributed by atoms with van der Waals surface area (Å²) in [5, 5.41) is 8.35. The summed E-state index contributed by atoms with van der Waals surface area (Å²) in [6.45, 7) is 0. The molecule has 1 N–H and O–H groups in total. The van der Waals surface area contributed by atoms with Crippen molar-refractivity contribution in [3.8, 4) is 0 Å². The number of H-pyrrole nitrogens is 1. The fourth-order valence-electron chi connectivity index (χ4n) is 2.17. The Bertz CT molecular complexity index is 467. The van der Waals surface area contributed by atoms with Gasteiger partial charge in [0.25, 0.3) is 0 Å². The molecule has 0 saturated heterocycles. The van der Waals surface area contributed by atoms with E-state index in [1.54, 1.807) is 18.1 Å². The molecule has 0 spiro atoms. The maximum atomic E-state index is 4.16. The van der Waals surface area contributed by atoms with Crippen LogP contribution in [0.1, 0.15) is 17.5 Å². The highest BCUT2D eigenvalue weighted by atomic mass is 32.2. The SMILES string of the molecule is c1ccc2c(c1)CC[C@H](Sc1ncn[nH]1)C2. The number of hydrogen-bond donors (Lipinski definition) is 1. The number of nitrogens with one attached hydrogen (secondary N) is 1. The van der Waals surface area contributed by atoms with E-state index in [1.165, 1.54) is 24.0 Å². The van der Waals surface area contributed by atoms with Gasteiger partial charge < -0.3 is 0 Å². The van der Waals surface area contributed by atoms with Gasteiger partial charge >= 0.3 is 0 Å². The summed E-state index contributed by atoms with van der Waals surface area (Å²) in [6.07, 6.45) is 5.12. The molecule has 4 heteroatoms. The van der Waals surface area contributed by atoms with Crippen LogP contribution in [0.15, 0.2) is 35.7 Å². The quantitative estimate of drug-likeness (QED) is 0.863. The van der Waals surface area contributed by atoms with Gasteiger partial charge in [0.1, 0.15) is 6.33 Å². The lowest BCUT2D eigenvalue weighted by molar-refractivity contribution is 0.699. The second-order valence-corrected chi connectivity index (χ2v) is 5.33. The van der Waals surface area contributed by atoms with Gasteiger partial charge in [-0.2, -0.15) is 5.10 Å². The van der Waals surface area contributed by atoms with Crippen molar-refractivity contribution in [1.82, 2.24) is 15.2 Å². The van der Waals surface area contributed by atoms with Crippen LogP contribution >= 0.6 is 11.8 Å². The van der Waals surface area contributed by atoms with Crippen molar-refractivity contribution >= 4 is 11.8 Å². The highest BCUT2D eigenvalue weighted by Crippen LogP contribution is 2.31. The second kappa shape index (κ2) is 4.29. The summed E-state index contributed by atoms with van der Waals surface area (Å²) >= 11 is 1.81. The number of benzene rings is 1. The molecule has 1 atom stereocenters. The lowest BCUT2D eigenvalue weighted by atomic mass is 9.92. The van der Waals surface area contributed by atoms with Crippen LogP contribution in [-0.2, 0) is 12.8 Å². The van der Waals surface area contributed by atoms with Crippen molar-refractivity contribution in [3.05, 3.63) is 41.7 Å². The van der Waals surface area contributed by atoms with E-state index < -0.39 is 0 Å². The minimum absolute atomic E-state index is 0.628. The number of nitrogens with zero attached hydrogens (tertiary/aromatic N) is 2. The van der Waals surface area contributed by atoms with Crippen molar-refractivity contribution in [2.45, 2.75) is 29.7 Å². The number of aromatic nitrogens is 3. The fraction of sp³-hybridized carbons (Fsp3) is 0.333. The maximum absolute atomic E-state index is 4.16. The summed E-state index contributed by atoms with van der Waals surface area (Å²) in [4.78, 5) is 4.16. The van der Waals surface area contributed by atoms with Crippen LogP contribution in [0.25, 0.3) is 0 Å². The zero-order chi connectivity index (χ0) is 10.8. The number of hydrogen-bond acceptors (Lipinski definition) is 3. The van der Waals surface area contributed by atoms with Crippen LogP contribution in [0.3, 0.4) is 0 Å². The lowest BCUT2D eigenvalue weighted by Gasteiger charge is -2.22. The lowest BCUT2D eigenvalue weighted by Crippen LogP contribution is -2.16. The average Bonchev–Trinajstić information content (AvgIpc) is 2.82.